The number of alkyl halides is 1. The minimum Gasteiger partial charge on any atom is -0.457 e. The van der Waals surface area contributed by atoms with Crippen molar-refractivity contribution in [2.24, 2.45) is 0 Å². The Labute approximate surface area is 94.0 Å². The molecule has 0 spiro atoms. The van der Waals surface area contributed by atoms with Gasteiger partial charge in [-0.1, -0.05) is 6.07 Å². The lowest BCUT2D eigenvalue weighted by Gasteiger charge is -2.12. The molecule has 5 heteroatoms. The monoisotopic (exact) mass is 227 g/mol. The molecule has 0 amide bonds. The lowest BCUT2D eigenvalue weighted by Crippen LogP contribution is -2.35. The molecule has 2 unspecified atom stereocenters. The Bertz CT molecular complexity index is 334. The number of pyridine rings is 1. The van der Waals surface area contributed by atoms with E-state index in [0.717, 1.165) is 12.1 Å². The Kier molecular flexibility index (Phi) is 3.41. The molecule has 82 valence electrons. The molecule has 1 aliphatic heterocycles. The van der Waals surface area contributed by atoms with Crippen LogP contribution in [0.3, 0.4) is 0 Å². The number of rotatable bonds is 3. The van der Waals surface area contributed by atoms with Crippen LogP contribution >= 0.6 is 11.6 Å². The van der Waals surface area contributed by atoms with E-state index in [2.05, 4.69) is 22.8 Å². The standard InChI is InChI=1S/C10H14ClN3O/c1-7-5-10(14-13-7)15-9-4-2-3-8(6-11)12-9/h2-4,7,10,13-14H,5-6H2,1H3. The maximum absolute atomic E-state index is 5.69. The fourth-order valence-corrected chi connectivity index (χ4v) is 1.64. The second-order valence-electron chi connectivity index (χ2n) is 3.63. The first-order valence-corrected chi connectivity index (χ1v) is 5.51. The summed E-state index contributed by atoms with van der Waals surface area (Å²) in [5, 5.41) is 0. The Morgan fingerprint density at radius 1 is 1.53 bits per heavy atom. The number of hydrazine groups is 1. The Morgan fingerprint density at radius 2 is 2.40 bits per heavy atom. The Balaban J connectivity index is 1.98. The van der Waals surface area contributed by atoms with E-state index in [1.165, 1.54) is 0 Å². The van der Waals surface area contributed by atoms with Gasteiger partial charge in [0.1, 0.15) is 0 Å². The van der Waals surface area contributed by atoms with Crippen LogP contribution in [-0.2, 0) is 5.88 Å². The number of nitrogens with one attached hydrogen (secondary N) is 2. The molecule has 0 aromatic carbocycles. The van der Waals surface area contributed by atoms with E-state index in [1.54, 1.807) is 0 Å². The predicted octanol–water partition coefficient (Wildman–Crippen LogP) is 1.41. The fraction of sp³-hybridized carbons (Fsp3) is 0.500. The third-order valence-corrected chi connectivity index (χ3v) is 2.51. The van der Waals surface area contributed by atoms with Crippen LogP contribution in [0.25, 0.3) is 0 Å². The molecule has 2 atom stereocenters. The van der Waals surface area contributed by atoms with Crippen LogP contribution in [0.15, 0.2) is 18.2 Å². The smallest absolute Gasteiger partial charge is 0.215 e. The van der Waals surface area contributed by atoms with Crippen LogP contribution in [0.4, 0.5) is 0 Å². The molecule has 15 heavy (non-hydrogen) atoms. The van der Waals surface area contributed by atoms with E-state index in [4.69, 9.17) is 16.3 Å². The van der Waals surface area contributed by atoms with Crippen molar-refractivity contribution in [2.45, 2.75) is 31.5 Å². The van der Waals surface area contributed by atoms with Crippen molar-refractivity contribution in [3.63, 3.8) is 0 Å². The number of hydrogen-bond donors (Lipinski definition) is 2. The number of halogens is 1. The van der Waals surface area contributed by atoms with Crippen molar-refractivity contribution in [3.8, 4) is 5.88 Å². The van der Waals surface area contributed by atoms with Gasteiger partial charge in [0.25, 0.3) is 0 Å². The quantitative estimate of drug-likeness (QED) is 0.767. The SMILES string of the molecule is CC1CC(Oc2cccc(CCl)n2)NN1. The molecule has 1 aromatic heterocycles. The van der Waals surface area contributed by atoms with Crippen molar-refractivity contribution >= 4 is 11.6 Å². The van der Waals surface area contributed by atoms with E-state index >= 15 is 0 Å². The summed E-state index contributed by atoms with van der Waals surface area (Å²) < 4.78 is 5.64. The van der Waals surface area contributed by atoms with Gasteiger partial charge in [0.05, 0.1) is 11.6 Å². The van der Waals surface area contributed by atoms with E-state index in [1.807, 2.05) is 18.2 Å². The van der Waals surface area contributed by atoms with Gasteiger partial charge in [0.15, 0.2) is 6.23 Å². The molecule has 0 radical (unpaired) electrons. The van der Waals surface area contributed by atoms with Gasteiger partial charge in [-0.15, -0.1) is 11.6 Å². The topological polar surface area (TPSA) is 46.2 Å². The van der Waals surface area contributed by atoms with E-state index in [0.29, 0.717) is 17.8 Å². The van der Waals surface area contributed by atoms with Gasteiger partial charge >= 0.3 is 0 Å². The summed E-state index contributed by atoms with van der Waals surface area (Å²) in [6, 6.07) is 6.03. The first-order valence-electron chi connectivity index (χ1n) is 4.97. The van der Waals surface area contributed by atoms with E-state index in [-0.39, 0.29) is 6.23 Å². The minimum atomic E-state index is -0.0157. The molecule has 0 bridgehead atoms. The number of nitrogens with zero attached hydrogens (tertiary/aromatic N) is 1. The van der Waals surface area contributed by atoms with Gasteiger partial charge < -0.3 is 4.74 Å². The summed E-state index contributed by atoms with van der Waals surface area (Å²) in [5.74, 6) is 1.02. The van der Waals surface area contributed by atoms with Gasteiger partial charge in [-0.3, -0.25) is 5.43 Å². The average molecular weight is 228 g/mol. The molecule has 1 saturated heterocycles. The number of ether oxygens (including phenoxy) is 1. The van der Waals surface area contributed by atoms with Gasteiger partial charge in [-0.25, -0.2) is 10.4 Å². The number of hydrogen-bond acceptors (Lipinski definition) is 4. The zero-order chi connectivity index (χ0) is 10.7. The molecule has 2 rings (SSSR count). The van der Waals surface area contributed by atoms with Gasteiger partial charge in [-0.2, -0.15) is 0 Å². The van der Waals surface area contributed by atoms with Crippen LogP contribution < -0.4 is 15.6 Å². The first-order chi connectivity index (χ1) is 7.28. The predicted molar refractivity (Wildman–Crippen MR) is 58.6 cm³/mol. The highest BCUT2D eigenvalue weighted by molar-refractivity contribution is 6.16. The summed E-state index contributed by atoms with van der Waals surface area (Å²) in [6.07, 6.45) is 0.908. The maximum Gasteiger partial charge on any atom is 0.215 e. The summed E-state index contributed by atoms with van der Waals surface area (Å²) in [6.45, 7) is 2.10. The van der Waals surface area contributed by atoms with Crippen LogP contribution in [0.5, 0.6) is 5.88 Å². The molecule has 2 N–H and O–H groups in total. The van der Waals surface area contributed by atoms with Gasteiger partial charge in [0.2, 0.25) is 5.88 Å². The van der Waals surface area contributed by atoms with Gasteiger partial charge in [0, 0.05) is 18.5 Å². The highest BCUT2D eigenvalue weighted by Gasteiger charge is 2.21. The zero-order valence-corrected chi connectivity index (χ0v) is 9.29. The Hall–Kier alpha value is -0.840. The highest BCUT2D eigenvalue weighted by Crippen LogP contribution is 2.13. The second-order valence-corrected chi connectivity index (χ2v) is 3.90. The maximum atomic E-state index is 5.69. The molecule has 4 nitrogen and oxygen atoms in total. The first kappa shape index (κ1) is 10.7. The Morgan fingerprint density at radius 3 is 3.07 bits per heavy atom. The molecule has 1 aromatic rings. The van der Waals surface area contributed by atoms with Crippen molar-refractivity contribution < 1.29 is 4.74 Å². The summed E-state index contributed by atoms with van der Waals surface area (Å²) in [4.78, 5) is 4.26. The summed E-state index contributed by atoms with van der Waals surface area (Å²) >= 11 is 5.69. The zero-order valence-electron chi connectivity index (χ0n) is 8.53. The molecule has 2 heterocycles. The third-order valence-electron chi connectivity index (χ3n) is 2.24. The molecule has 0 saturated carbocycles. The van der Waals surface area contributed by atoms with Crippen molar-refractivity contribution in [1.29, 1.82) is 0 Å². The highest BCUT2D eigenvalue weighted by atomic mass is 35.5. The fourth-order valence-electron chi connectivity index (χ4n) is 1.50. The second kappa shape index (κ2) is 4.79. The molecular formula is C10H14ClN3O. The summed E-state index contributed by atoms with van der Waals surface area (Å²) in [5.41, 5.74) is 6.96. The largest absolute Gasteiger partial charge is 0.457 e. The molecular weight excluding hydrogens is 214 g/mol. The van der Waals surface area contributed by atoms with Crippen molar-refractivity contribution in [2.75, 3.05) is 0 Å². The van der Waals surface area contributed by atoms with Crippen molar-refractivity contribution in [3.05, 3.63) is 23.9 Å². The molecule has 1 fully saturated rings. The lowest BCUT2D eigenvalue weighted by atomic mass is 10.2. The van der Waals surface area contributed by atoms with Crippen LogP contribution in [-0.4, -0.2) is 17.3 Å². The van der Waals surface area contributed by atoms with Crippen LogP contribution in [0.1, 0.15) is 19.0 Å². The lowest BCUT2D eigenvalue weighted by molar-refractivity contribution is 0.172. The van der Waals surface area contributed by atoms with Crippen LogP contribution in [0.2, 0.25) is 0 Å². The third kappa shape index (κ3) is 2.81. The number of aromatic nitrogens is 1. The minimum absolute atomic E-state index is 0.0157. The normalized spacial score (nSPS) is 25.5. The average Bonchev–Trinajstić information content (AvgIpc) is 2.64. The van der Waals surface area contributed by atoms with Gasteiger partial charge in [-0.05, 0) is 13.0 Å². The van der Waals surface area contributed by atoms with E-state index < -0.39 is 0 Å². The summed E-state index contributed by atoms with van der Waals surface area (Å²) in [7, 11) is 0. The van der Waals surface area contributed by atoms with Crippen LogP contribution in [0, 0.1) is 0 Å². The molecule has 1 aliphatic rings. The van der Waals surface area contributed by atoms with E-state index in [9.17, 15) is 0 Å². The van der Waals surface area contributed by atoms with Crippen molar-refractivity contribution in [1.82, 2.24) is 15.8 Å². The molecule has 0 aliphatic carbocycles.